The zero-order valence-corrected chi connectivity index (χ0v) is 11.8. The molecule has 4 nitrogen and oxygen atoms in total. The Kier molecular flexibility index (Phi) is 3.20. The molecule has 0 aliphatic rings. The number of hydrogen-bond acceptors (Lipinski definition) is 3. The van der Waals surface area contributed by atoms with Gasteiger partial charge in [-0.25, -0.2) is 9.78 Å². The predicted molar refractivity (Wildman–Crippen MR) is 79.6 cm³/mol. The average molecular weight is 329 g/mol. The first-order valence-corrected chi connectivity index (χ1v) is 6.69. The molecule has 0 atom stereocenters. The summed E-state index contributed by atoms with van der Waals surface area (Å²) in [6.45, 7) is 0. The van der Waals surface area contributed by atoms with Crippen LogP contribution in [0.2, 0.25) is 0 Å². The summed E-state index contributed by atoms with van der Waals surface area (Å²) in [6, 6.07) is 10.6. The van der Waals surface area contributed by atoms with Gasteiger partial charge in [0.2, 0.25) is 0 Å². The first kappa shape index (κ1) is 12.7. The van der Waals surface area contributed by atoms with Crippen LogP contribution in [0.15, 0.2) is 53.3 Å². The summed E-state index contributed by atoms with van der Waals surface area (Å²) in [4.78, 5) is 20.0. The molecule has 0 aliphatic heterocycles. The van der Waals surface area contributed by atoms with Gasteiger partial charge in [0.05, 0.1) is 16.8 Å². The van der Waals surface area contributed by atoms with E-state index in [-0.39, 0.29) is 5.56 Å². The number of nitrogens with zero attached hydrogens (tertiary/aromatic N) is 2. The molecule has 0 aliphatic carbocycles. The quantitative estimate of drug-likeness (QED) is 0.778. The van der Waals surface area contributed by atoms with Crippen LogP contribution in [0, 0.1) is 0 Å². The Labute approximate surface area is 123 Å². The van der Waals surface area contributed by atoms with E-state index >= 15 is 0 Å². The van der Waals surface area contributed by atoms with Crippen molar-refractivity contribution in [2.45, 2.75) is 0 Å². The number of pyridine rings is 2. The summed E-state index contributed by atoms with van der Waals surface area (Å²) in [5, 5.41) is 10.0. The molecule has 98 valence electrons. The first-order chi connectivity index (χ1) is 9.66. The van der Waals surface area contributed by atoms with Crippen molar-refractivity contribution < 1.29 is 9.90 Å². The van der Waals surface area contributed by atoms with E-state index in [0.29, 0.717) is 16.6 Å². The smallest absolute Gasteiger partial charge is 0.336 e. The summed E-state index contributed by atoms with van der Waals surface area (Å²) in [6.07, 6.45) is 3.31. The molecular formula is C15H9BrN2O2. The van der Waals surface area contributed by atoms with Crippen LogP contribution in [-0.2, 0) is 0 Å². The summed E-state index contributed by atoms with van der Waals surface area (Å²) in [5.41, 5.74) is 2.33. The van der Waals surface area contributed by atoms with Crippen molar-refractivity contribution in [3.63, 3.8) is 0 Å². The topological polar surface area (TPSA) is 63.1 Å². The van der Waals surface area contributed by atoms with Gasteiger partial charge < -0.3 is 5.11 Å². The number of carboxylic acid groups (broad SMARTS) is 1. The number of carboxylic acids is 1. The van der Waals surface area contributed by atoms with E-state index < -0.39 is 5.97 Å². The SMILES string of the molecule is O=C(O)c1cc(-c2ccncc2)nc2c(Br)cccc12. The van der Waals surface area contributed by atoms with Gasteiger partial charge in [-0.2, -0.15) is 0 Å². The highest BCUT2D eigenvalue weighted by molar-refractivity contribution is 9.10. The van der Waals surface area contributed by atoms with Crippen LogP contribution < -0.4 is 0 Å². The molecule has 0 radical (unpaired) electrons. The molecule has 0 bridgehead atoms. The summed E-state index contributed by atoms with van der Waals surface area (Å²) in [7, 11) is 0. The lowest BCUT2D eigenvalue weighted by molar-refractivity contribution is 0.0699. The van der Waals surface area contributed by atoms with Crippen molar-refractivity contribution in [3.05, 3.63) is 58.8 Å². The number of rotatable bonds is 2. The molecule has 0 spiro atoms. The van der Waals surface area contributed by atoms with E-state index in [2.05, 4.69) is 25.9 Å². The number of carbonyl (C=O) groups is 1. The molecular weight excluding hydrogens is 320 g/mol. The Hall–Kier alpha value is -2.27. The third-order valence-corrected chi connectivity index (χ3v) is 3.64. The van der Waals surface area contributed by atoms with Crippen molar-refractivity contribution in [3.8, 4) is 11.3 Å². The maximum absolute atomic E-state index is 11.5. The fraction of sp³-hybridized carbons (Fsp3) is 0. The molecule has 2 heterocycles. The van der Waals surface area contributed by atoms with E-state index in [1.54, 1.807) is 42.7 Å². The second kappa shape index (κ2) is 5.02. The molecule has 0 saturated carbocycles. The number of para-hydroxylation sites is 1. The van der Waals surface area contributed by atoms with Crippen molar-refractivity contribution in [2.24, 2.45) is 0 Å². The third-order valence-electron chi connectivity index (χ3n) is 3.00. The van der Waals surface area contributed by atoms with Crippen LogP contribution in [0.4, 0.5) is 0 Å². The Morgan fingerprint density at radius 1 is 1.15 bits per heavy atom. The predicted octanol–water partition coefficient (Wildman–Crippen LogP) is 3.76. The van der Waals surface area contributed by atoms with E-state index in [1.807, 2.05) is 6.07 Å². The second-order valence-electron chi connectivity index (χ2n) is 4.23. The van der Waals surface area contributed by atoms with Crippen LogP contribution in [0.1, 0.15) is 10.4 Å². The lowest BCUT2D eigenvalue weighted by Gasteiger charge is -2.08. The van der Waals surface area contributed by atoms with Crippen molar-refractivity contribution in [2.75, 3.05) is 0 Å². The van der Waals surface area contributed by atoms with Gasteiger partial charge in [-0.15, -0.1) is 0 Å². The number of hydrogen-bond donors (Lipinski definition) is 1. The minimum Gasteiger partial charge on any atom is -0.478 e. The highest BCUT2D eigenvalue weighted by Gasteiger charge is 2.14. The normalized spacial score (nSPS) is 10.7. The number of aromatic carboxylic acids is 1. The van der Waals surface area contributed by atoms with E-state index in [1.165, 1.54) is 0 Å². The number of halogens is 1. The highest BCUT2D eigenvalue weighted by Crippen LogP contribution is 2.29. The number of aromatic nitrogens is 2. The third kappa shape index (κ3) is 2.16. The zero-order valence-electron chi connectivity index (χ0n) is 10.2. The Morgan fingerprint density at radius 2 is 1.90 bits per heavy atom. The standard InChI is InChI=1S/C15H9BrN2O2/c16-12-3-1-2-10-11(15(19)20)8-13(18-14(10)12)9-4-6-17-7-5-9/h1-8H,(H,19,20). The monoisotopic (exact) mass is 328 g/mol. The van der Waals surface area contributed by atoms with Crippen LogP contribution in [0.5, 0.6) is 0 Å². The van der Waals surface area contributed by atoms with Gasteiger partial charge in [0.25, 0.3) is 0 Å². The summed E-state index contributed by atoms with van der Waals surface area (Å²) < 4.78 is 0.772. The molecule has 0 unspecified atom stereocenters. The van der Waals surface area contributed by atoms with E-state index in [4.69, 9.17) is 0 Å². The fourth-order valence-electron chi connectivity index (χ4n) is 2.06. The molecule has 5 heteroatoms. The first-order valence-electron chi connectivity index (χ1n) is 5.90. The van der Waals surface area contributed by atoms with Crippen molar-refractivity contribution >= 4 is 32.8 Å². The van der Waals surface area contributed by atoms with Gasteiger partial charge in [-0.3, -0.25) is 4.98 Å². The number of benzene rings is 1. The number of fused-ring (bicyclic) bond motifs is 1. The maximum Gasteiger partial charge on any atom is 0.336 e. The van der Waals surface area contributed by atoms with Gasteiger partial charge >= 0.3 is 5.97 Å². The largest absolute Gasteiger partial charge is 0.478 e. The Bertz CT molecular complexity index is 804. The van der Waals surface area contributed by atoms with Crippen molar-refractivity contribution in [1.82, 2.24) is 9.97 Å². The molecule has 2 aromatic heterocycles. The molecule has 0 amide bonds. The van der Waals surface area contributed by atoms with Crippen LogP contribution >= 0.6 is 15.9 Å². The van der Waals surface area contributed by atoms with Crippen LogP contribution in [0.3, 0.4) is 0 Å². The molecule has 20 heavy (non-hydrogen) atoms. The minimum absolute atomic E-state index is 0.239. The van der Waals surface area contributed by atoms with Crippen LogP contribution in [0.25, 0.3) is 22.2 Å². The van der Waals surface area contributed by atoms with Crippen LogP contribution in [-0.4, -0.2) is 21.0 Å². The second-order valence-corrected chi connectivity index (χ2v) is 5.09. The van der Waals surface area contributed by atoms with Gasteiger partial charge in [0.1, 0.15) is 0 Å². The van der Waals surface area contributed by atoms with Gasteiger partial charge in [0, 0.05) is 27.8 Å². The summed E-state index contributed by atoms with van der Waals surface area (Å²) >= 11 is 3.42. The lowest BCUT2D eigenvalue weighted by atomic mass is 10.0. The van der Waals surface area contributed by atoms with Gasteiger partial charge in [-0.1, -0.05) is 12.1 Å². The average Bonchev–Trinajstić information content (AvgIpc) is 2.47. The minimum atomic E-state index is -0.967. The Morgan fingerprint density at radius 3 is 2.60 bits per heavy atom. The maximum atomic E-state index is 11.5. The zero-order chi connectivity index (χ0) is 14.1. The molecule has 0 saturated heterocycles. The molecule has 1 aromatic carbocycles. The van der Waals surface area contributed by atoms with E-state index in [0.717, 1.165) is 10.0 Å². The summed E-state index contributed by atoms with van der Waals surface area (Å²) in [5.74, 6) is -0.967. The lowest BCUT2D eigenvalue weighted by Crippen LogP contribution is -2.00. The molecule has 0 fully saturated rings. The molecule has 1 N–H and O–H groups in total. The highest BCUT2D eigenvalue weighted by atomic mass is 79.9. The molecule has 3 rings (SSSR count). The van der Waals surface area contributed by atoms with E-state index in [9.17, 15) is 9.90 Å². The van der Waals surface area contributed by atoms with Crippen molar-refractivity contribution in [1.29, 1.82) is 0 Å². The fourth-order valence-corrected chi connectivity index (χ4v) is 2.52. The molecule has 3 aromatic rings. The van der Waals surface area contributed by atoms with Gasteiger partial charge in [0.15, 0.2) is 0 Å². The Balaban J connectivity index is 2.36. The van der Waals surface area contributed by atoms with Gasteiger partial charge in [-0.05, 0) is 40.2 Å².